The van der Waals surface area contributed by atoms with Crippen LogP contribution in [-0.2, 0) is 9.53 Å². The van der Waals surface area contributed by atoms with Crippen LogP contribution < -0.4 is 5.32 Å². The first kappa shape index (κ1) is 9.97. The summed E-state index contributed by atoms with van der Waals surface area (Å²) in [6, 6.07) is 0. The summed E-state index contributed by atoms with van der Waals surface area (Å²) in [4.78, 5) is 11.1. The van der Waals surface area contributed by atoms with Crippen LogP contribution in [0.2, 0.25) is 0 Å². The van der Waals surface area contributed by atoms with Crippen molar-refractivity contribution in [3.05, 3.63) is 0 Å². The number of carbonyl (C=O) groups excluding carboxylic acids is 1. The molecule has 1 saturated heterocycles. The lowest BCUT2D eigenvalue weighted by atomic mass is 9.84. The summed E-state index contributed by atoms with van der Waals surface area (Å²) in [5.41, 5.74) is 0.526. The molecular weight excluding hydrogens is 178 g/mol. The van der Waals surface area contributed by atoms with E-state index in [4.69, 9.17) is 4.74 Å². The van der Waals surface area contributed by atoms with Crippen LogP contribution in [0, 0.1) is 11.3 Å². The number of hydrogen-bond donors (Lipinski definition) is 1. The van der Waals surface area contributed by atoms with Gasteiger partial charge in [0.1, 0.15) is 0 Å². The zero-order chi connectivity index (χ0) is 10.0. The molecule has 0 bridgehead atoms. The van der Waals surface area contributed by atoms with E-state index >= 15 is 0 Å². The highest BCUT2D eigenvalue weighted by Crippen LogP contribution is 2.46. The van der Waals surface area contributed by atoms with Gasteiger partial charge in [-0.15, -0.1) is 0 Å². The monoisotopic (exact) mass is 197 g/mol. The van der Waals surface area contributed by atoms with Gasteiger partial charge in [0.2, 0.25) is 0 Å². The van der Waals surface area contributed by atoms with E-state index < -0.39 is 0 Å². The van der Waals surface area contributed by atoms with Crippen molar-refractivity contribution in [2.24, 2.45) is 11.3 Å². The largest absolute Gasteiger partial charge is 0.469 e. The summed E-state index contributed by atoms with van der Waals surface area (Å²) < 4.78 is 4.71. The van der Waals surface area contributed by atoms with Gasteiger partial charge in [-0.05, 0) is 43.6 Å². The predicted octanol–water partition coefficient (Wildman–Crippen LogP) is 1.33. The van der Waals surface area contributed by atoms with Gasteiger partial charge in [-0.1, -0.05) is 0 Å². The molecule has 1 aliphatic heterocycles. The Morgan fingerprint density at radius 3 is 3.07 bits per heavy atom. The van der Waals surface area contributed by atoms with Gasteiger partial charge in [-0.3, -0.25) is 4.79 Å². The lowest BCUT2D eigenvalue weighted by Gasteiger charge is -2.21. The van der Waals surface area contributed by atoms with E-state index in [2.05, 4.69) is 5.32 Å². The molecule has 2 fully saturated rings. The van der Waals surface area contributed by atoms with Crippen molar-refractivity contribution in [1.29, 1.82) is 0 Å². The van der Waals surface area contributed by atoms with Gasteiger partial charge < -0.3 is 10.1 Å². The molecule has 2 rings (SSSR count). The SMILES string of the molecule is COC(=O)CC1CCC2(CCNC2)C1. The Morgan fingerprint density at radius 1 is 1.57 bits per heavy atom. The van der Waals surface area contributed by atoms with E-state index in [9.17, 15) is 4.79 Å². The third kappa shape index (κ3) is 1.92. The fourth-order valence-electron chi connectivity index (χ4n) is 3.00. The van der Waals surface area contributed by atoms with Crippen LogP contribution >= 0.6 is 0 Å². The highest BCUT2D eigenvalue weighted by atomic mass is 16.5. The third-order valence-corrected chi connectivity index (χ3v) is 3.82. The summed E-state index contributed by atoms with van der Waals surface area (Å²) in [6.45, 7) is 2.32. The summed E-state index contributed by atoms with van der Waals surface area (Å²) in [7, 11) is 1.48. The Labute approximate surface area is 85.2 Å². The minimum absolute atomic E-state index is 0.0435. The van der Waals surface area contributed by atoms with E-state index in [1.54, 1.807) is 0 Å². The Hall–Kier alpha value is -0.570. The second-order valence-electron chi connectivity index (χ2n) is 4.82. The van der Waals surface area contributed by atoms with E-state index in [1.165, 1.54) is 32.8 Å². The molecule has 14 heavy (non-hydrogen) atoms. The molecule has 1 aliphatic carbocycles. The molecular formula is C11H19NO2. The van der Waals surface area contributed by atoms with Gasteiger partial charge in [-0.25, -0.2) is 0 Å². The standard InChI is InChI=1S/C11H19NO2/c1-14-10(13)6-9-2-3-11(7-9)4-5-12-8-11/h9,12H,2-8H2,1H3. The summed E-state index contributed by atoms with van der Waals surface area (Å²) >= 11 is 0. The van der Waals surface area contributed by atoms with Crippen molar-refractivity contribution in [3.63, 3.8) is 0 Å². The fourth-order valence-corrected chi connectivity index (χ4v) is 3.00. The first-order chi connectivity index (χ1) is 6.74. The smallest absolute Gasteiger partial charge is 0.305 e. The molecule has 2 atom stereocenters. The van der Waals surface area contributed by atoms with E-state index in [-0.39, 0.29) is 5.97 Å². The molecule has 1 heterocycles. The molecule has 80 valence electrons. The topological polar surface area (TPSA) is 38.3 Å². The highest BCUT2D eigenvalue weighted by Gasteiger charge is 2.41. The van der Waals surface area contributed by atoms with Crippen molar-refractivity contribution in [1.82, 2.24) is 5.32 Å². The van der Waals surface area contributed by atoms with Crippen molar-refractivity contribution in [2.75, 3.05) is 20.2 Å². The van der Waals surface area contributed by atoms with Gasteiger partial charge in [0.25, 0.3) is 0 Å². The number of nitrogens with one attached hydrogen (secondary N) is 1. The molecule has 2 aliphatic rings. The Morgan fingerprint density at radius 2 is 2.43 bits per heavy atom. The van der Waals surface area contributed by atoms with E-state index in [1.807, 2.05) is 0 Å². The fraction of sp³-hybridized carbons (Fsp3) is 0.909. The van der Waals surface area contributed by atoms with Crippen LogP contribution in [0.1, 0.15) is 32.1 Å². The maximum absolute atomic E-state index is 11.1. The van der Waals surface area contributed by atoms with Crippen molar-refractivity contribution in [2.45, 2.75) is 32.1 Å². The molecule has 3 heteroatoms. The lowest BCUT2D eigenvalue weighted by Crippen LogP contribution is -2.20. The number of hydrogen-bond acceptors (Lipinski definition) is 3. The minimum Gasteiger partial charge on any atom is -0.469 e. The molecule has 2 unspecified atom stereocenters. The van der Waals surface area contributed by atoms with Crippen LogP contribution in [0.4, 0.5) is 0 Å². The Balaban J connectivity index is 1.85. The number of esters is 1. The molecule has 0 aromatic carbocycles. The first-order valence-electron chi connectivity index (χ1n) is 5.52. The van der Waals surface area contributed by atoms with E-state index in [0.717, 1.165) is 13.1 Å². The first-order valence-corrected chi connectivity index (χ1v) is 5.52. The van der Waals surface area contributed by atoms with Crippen LogP contribution in [0.3, 0.4) is 0 Å². The average molecular weight is 197 g/mol. The Bertz CT molecular complexity index is 221. The quantitative estimate of drug-likeness (QED) is 0.679. The molecule has 1 N–H and O–H groups in total. The summed E-state index contributed by atoms with van der Waals surface area (Å²) in [6.07, 6.45) is 5.64. The van der Waals surface area contributed by atoms with Gasteiger partial charge in [-0.2, -0.15) is 0 Å². The van der Waals surface area contributed by atoms with Gasteiger partial charge in [0, 0.05) is 13.0 Å². The number of carbonyl (C=O) groups is 1. The van der Waals surface area contributed by atoms with Crippen LogP contribution in [0.5, 0.6) is 0 Å². The zero-order valence-corrected chi connectivity index (χ0v) is 8.84. The lowest BCUT2D eigenvalue weighted by molar-refractivity contribution is -0.141. The summed E-state index contributed by atoms with van der Waals surface area (Å²) in [5, 5.41) is 3.43. The Kier molecular flexibility index (Phi) is 2.77. The molecule has 3 nitrogen and oxygen atoms in total. The van der Waals surface area contributed by atoms with Gasteiger partial charge in [0.15, 0.2) is 0 Å². The number of ether oxygens (including phenoxy) is 1. The minimum atomic E-state index is -0.0435. The second-order valence-corrected chi connectivity index (χ2v) is 4.82. The maximum atomic E-state index is 11.1. The van der Waals surface area contributed by atoms with Crippen LogP contribution in [-0.4, -0.2) is 26.2 Å². The molecule has 1 saturated carbocycles. The van der Waals surface area contributed by atoms with E-state index in [0.29, 0.717) is 17.8 Å². The third-order valence-electron chi connectivity index (χ3n) is 3.82. The number of methoxy groups -OCH3 is 1. The highest BCUT2D eigenvalue weighted by molar-refractivity contribution is 5.69. The van der Waals surface area contributed by atoms with Crippen LogP contribution in [0.15, 0.2) is 0 Å². The second kappa shape index (κ2) is 3.89. The molecule has 0 amide bonds. The van der Waals surface area contributed by atoms with Gasteiger partial charge in [0.05, 0.1) is 7.11 Å². The number of rotatable bonds is 2. The van der Waals surface area contributed by atoms with Crippen molar-refractivity contribution < 1.29 is 9.53 Å². The molecule has 1 spiro atoms. The predicted molar refractivity (Wildman–Crippen MR) is 53.9 cm³/mol. The normalized spacial score (nSPS) is 36.5. The van der Waals surface area contributed by atoms with Crippen LogP contribution in [0.25, 0.3) is 0 Å². The van der Waals surface area contributed by atoms with Crippen molar-refractivity contribution in [3.8, 4) is 0 Å². The van der Waals surface area contributed by atoms with Crippen molar-refractivity contribution >= 4 is 5.97 Å². The average Bonchev–Trinajstić information content (AvgIpc) is 2.78. The molecule has 0 aromatic heterocycles. The summed E-state index contributed by atoms with van der Waals surface area (Å²) in [5.74, 6) is 0.528. The molecule has 0 aromatic rings. The molecule has 0 radical (unpaired) electrons. The van der Waals surface area contributed by atoms with Gasteiger partial charge >= 0.3 is 5.97 Å². The zero-order valence-electron chi connectivity index (χ0n) is 8.84. The maximum Gasteiger partial charge on any atom is 0.305 e.